The van der Waals surface area contributed by atoms with E-state index in [0.717, 1.165) is 4.88 Å². The van der Waals surface area contributed by atoms with E-state index in [9.17, 15) is 4.79 Å². The van der Waals surface area contributed by atoms with Crippen molar-refractivity contribution in [1.29, 1.82) is 0 Å². The average molecular weight is 181 g/mol. The van der Waals surface area contributed by atoms with Crippen LogP contribution in [-0.4, -0.2) is 6.08 Å². The van der Waals surface area contributed by atoms with Gasteiger partial charge in [0.2, 0.25) is 6.08 Å². The van der Waals surface area contributed by atoms with Gasteiger partial charge in [0.15, 0.2) is 0 Å². The highest BCUT2D eigenvalue weighted by Crippen LogP contribution is 2.28. The van der Waals surface area contributed by atoms with Gasteiger partial charge < -0.3 is 0 Å². The molecule has 0 radical (unpaired) electrons. The minimum atomic E-state index is -0.0116. The van der Waals surface area contributed by atoms with E-state index in [-0.39, 0.29) is 6.04 Å². The van der Waals surface area contributed by atoms with E-state index in [1.807, 2.05) is 31.4 Å². The Balaban J connectivity index is 2.87. The lowest BCUT2D eigenvalue weighted by atomic mass is 10.0. The van der Waals surface area contributed by atoms with Crippen LogP contribution in [0, 0.1) is 5.92 Å². The fraction of sp³-hybridized carbons (Fsp3) is 0.444. The van der Waals surface area contributed by atoms with Crippen LogP contribution in [0.4, 0.5) is 0 Å². The zero-order valence-electron chi connectivity index (χ0n) is 7.15. The molecule has 1 rings (SSSR count). The van der Waals surface area contributed by atoms with Gasteiger partial charge in [0.1, 0.15) is 0 Å². The Morgan fingerprint density at radius 2 is 2.33 bits per heavy atom. The lowest BCUT2D eigenvalue weighted by molar-refractivity contribution is 0.508. The average Bonchev–Trinajstić information content (AvgIpc) is 2.51. The molecule has 0 amide bonds. The fourth-order valence-electron chi connectivity index (χ4n) is 1.06. The number of hydrogen-bond donors (Lipinski definition) is 0. The molecule has 0 spiro atoms. The molecule has 1 atom stereocenters. The molecular formula is C9H11NOS. The maximum Gasteiger partial charge on any atom is 0.235 e. The molecule has 1 aromatic rings. The molecule has 0 fully saturated rings. The second kappa shape index (κ2) is 4.19. The normalized spacial score (nSPS) is 12.6. The quantitative estimate of drug-likeness (QED) is 0.520. The molecule has 12 heavy (non-hydrogen) atoms. The van der Waals surface area contributed by atoms with Crippen molar-refractivity contribution in [3.63, 3.8) is 0 Å². The molecule has 0 aliphatic heterocycles. The second-order valence-electron chi connectivity index (χ2n) is 2.92. The van der Waals surface area contributed by atoms with Crippen LogP contribution >= 0.6 is 11.3 Å². The minimum Gasteiger partial charge on any atom is -0.211 e. The van der Waals surface area contributed by atoms with Crippen molar-refractivity contribution >= 4 is 17.4 Å². The molecule has 1 aromatic heterocycles. The zero-order valence-corrected chi connectivity index (χ0v) is 7.97. The van der Waals surface area contributed by atoms with E-state index in [1.54, 1.807) is 17.4 Å². The molecule has 1 heterocycles. The summed E-state index contributed by atoms with van der Waals surface area (Å²) in [6.07, 6.45) is 1.62. The van der Waals surface area contributed by atoms with Crippen molar-refractivity contribution in [2.24, 2.45) is 10.9 Å². The Kier molecular flexibility index (Phi) is 3.20. The molecule has 0 N–H and O–H groups in total. The van der Waals surface area contributed by atoms with Gasteiger partial charge in [-0.2, -0.15) is 4.99 Å². The third-order valence-electron chi connectivity index (χ3n) is 1.66. The number of carbonyl (C=O) groups excluding carboxylic acids is 1. The summed E-state index contributed by atoms with van der Waals surface area (Å²) >= 11 is 1.63. The molecular weight excluding hydrogens is 170 g/mol. The highest BCUT2D eigenvalue weighted by molar-refractivity contribution is 7.10. The second-order valence-corrected chi connectivity index (χ2v) is 3.90. The van der Waals surface area contributed by atoms with Crippen LogP contribution in [0.5, 0.6) is 0 Å². The summed E-state index contributed by atoms with van der Waals surface area (Å²) in [5, 5.41) is 1.99. The van der Waals surface area contributed by atoms with E-state index in [2.05, 4.69) is 4.99 Å². The molecule has 1 unspecified atom stereocenters. The largest absolute Gasteiger partial charge is 0.235 e. The number of nitrogens with zero attached hydrogens (tertiary/aromatic N) is 1. The van der Waals surface area contributed by atoms with Gasteiger partial charge in [0.05, 0.1) is 6.04 Å². The Morgan fingerprint density at radius 3 is 2.75 bits per heavy atom. The highest BCUT2D eigenvalue weighted by Gasteiger charge is 2.14. The summed E-state index contributed by atoms with van der Waals surface area (Å²) in [7, 11) is 0. The van der Waals surface area contributed by atoms with E-state index in [1.165, 1.54) is 0 Å². The SMILES string of the molecule is CC(C)C(N=C=O)c1cccs1. The molecule has 0 saturated carbocycles. The van der Waals surface area contributed by atoms with Crippen LogP contribution in [0.3, 0.4) is 0 Å². The van der Waals surface area contributed by atoms with Crippen molar-refractivity contribution < 1.29 is 4.79 Å². The number of isocyanates is 1. The van der Waals surface area contributed by atoms with Gasteiger partial charge in [-0.05, 0) is 17.4 Å². The molecule has 0 bridgehead atoms. The van der Waals surface area contributed by atoms with Crippen LogP contribution in [-0.2, 0) is 4.79 Å². The summed E-state index contributed by atoms with van der Waals surface area (Å²) < 4.78 is 0. The molecule has 64 valence electrons. The Labute approximate surface area is 76.0 Å². The maximum atomic E-state index is 10.1. The Bertz CT molecular complexity index is 273. The van der Waals surface area contributed by atoms with Gasteiger partial charge >= 0.3 is 0 Å². The van der Waals surface area contributed by atoms with Crippen molar-refractivity contribution in [2.75, 3.05) is 0 Å². The third-order valence-corrected chi connectivity index (χ3v) is 2.60. The molecule has 3 heteroatoms. The van der Waals surface area contributed by atoms with Crippen LogP contribution in [0.1, 0.15) is 24.8 Å². The van der Waals surface area contributed by atoms with Crippen molar-refractivity contribution in [1.82, 2.24) is 0 Å². The monoisotopic (exact) mass is 181 g/mol. The van der Waals surface area contributed by atoms with Crippen molar-refractivity contribution in [2.45, 2.75) is 19.9 Å². The number of aliphatic imine (C=N–C) groups is 1. The summed E-state index contributed by atoms with van der Waals surface area (Å²) in [4.78, 5) is 15.0. The summed E-state index contributed by atoms with van der Waals surface area (Å²) in [6, 6.07) is 3.95. The fourth-order valence-corrected chi connectivity index (χ4v) is 1.99. The highest BCUT2D eigenvalue weighted by atomic mass is 32.1. The van der Waals surface area contributed by atoms with Gasteiger partial charge in [-0.1, -0.05) is 19.9 Å². The van der Waals surface area contributed by atoms with Crippen LogP contribution < -0.4 is 0 Å². The van der Waals surface area contributed by atoms with Gasteiger partial charge in [0, 0.05) is 4.88 Å². The topological polar surface area (TPSA) is 29.4 Å². The standard InChI is InChI=1S/C9H11NOS/c1-7(2)9(10-6-11)8-4-3-5-12-8/h3-5,7,9H,1-2H3. The van der Waals surface area contributed by atoms with Gasteiger partial charge in [-0.15, -0.1) is 11.3 Å². The van der Waals surface area contributed by atoms with Crippen LogP contribution in [0.15, 0.2) is 22.5 Å². The van der Waals surface area contributed by atoms with Crippen molar-refractivity contribution in [3.05, 3.63) is 22.4 Å². The number of thiophene rings is 1. The van der Waals surface area contributed by atoms with E-state index < -0.39 is 0 Å². The third kappa shape index (κ3) is 2.03. The van der Waals surface area contributed by atoms with E-state index in [0.29, 0.717) is 5.92 Å². The van der Waals surface area contributed by atoms with Gasteiger partial charge in [-0.3, -0.25) is 0 Å². The summed E-state index contributed by atoms with van der Waals surface area (Å²) in [5.74, 6) is 0.352. The number of rotatable bonds is 3. The maximum absolute atomic E-state index is 10.1. The minimum absolute atomic E-state index is 0.0116. The van der Waals surface area contributed by atoms with Crippen molar-refractivity contribution in [3.8, 4) is 0 Å². The smallest absolute Gasteiger partial charge is 0.211 e. The first-order valence-corrected chi connectivity index (χ1v) is 4.74. The predicted molar refractivity (Wildman–Crippen MR) is 50.0 cm³/mol. The summed E-state index contributed by atoms with van der Waals surface area (Å²) in [5.41, 5.74) is 0. The summed E-state index contributed by atoms with van der Waals surface area (Å²) in [6.45, 7) is 4.09. The Morgan fingerprint density at radius 1 is 1.58 bits per heavy atom. The number of hydrogen-bond acceptors (Lipinski definition) is 3. The lowest BCUT2D eigenvalue weighted by Gasteiger charge is -2.11. The lowest BCUT2D eigenvalue weighted by Crippen LogP contribution is -2.01. The first-order valence-electron chi connectivity index (χ1n) is 3.86. The van der Waals surface area contributed by atoms with Crippen LogP contribution in [0.2, 0.25) is 0 Å². The van der Waals surface area contributed by atoms with Crippen LogP contribution in [0.25, 0.3) is 0 Å². The first-order chi connectivity index (χ1) is 5.75. The Hall–Kier alpha value is -0.920. The zero-order chi connectivity index (χ0) is 8.97. The van der Waals surface area contributed by atoms with E-state index >= 15 is 0 Å². The molecule has 0 aromatic carbocycles. The molecule has 2 nitrogen and oxygen atoms in total. The molecule has 0 aliphatic carbocycles. The van der Waals surface area contributed by atoms with Gasteiger partial charge in [0.25, 0.3) is 0 Å². The first kappa shape index (κ1) is 9.17. The van der Waals surface area contributed by atoms with E-state index in [4.69, 9.17) is 0 Å². The molecule has 0 saturated heterocycles. The molecule has 0 aliphatic rings. The predicted octanol–water partition coefficient (Wildman–Crippen LogP) is 2.78. The van der Waals surface area contributed by atoms with Gasteiger partial charge in [-0.25, -0.2) is 4.79 Å².